The van der Waals surface area contributed by atoms with Crippen LogP contribution in [0.1, 0.15) is 65.7 Å². The standard InChI is InChI=1S/C14H28O2/c1-4-16-14(10-5-6-11-14)13(15)9-7-8-12(2)3/h12-13,15H,4-11H2,1-3H3. The van der Waals surface area contributed by atoms with Gasteiger partial charge >= 0.3 is 0 Å². The third kappa shape index (κ3) is 3.74. The van der Waals surface area contributed by atoms with E-state index in [1.54, 1.807) is 0 Å². The molecule has 1 rings (SSSR count). The molecule has 1 aliphatic carbocycles. The number of aliphatic hydroxyl groups is 1. The Kier molecular flexibility index (Phi) is 5.77. The molecule has 0 bridgehead atoms. The van der Waals surface area contributed by atoms with E-state index in [-0.39, 0.29) is 11.7 Å². The summed E-state index contributed by atoms with van der Waals surface area (Å²) in [5, 5.41) is 10.3. The van der Waals surface area contributed by atoms with Gasteiger partial charge in [0.2, 0.25) is 0 Å². The summed E-state index contributed by atoms with van der Waals surface area (Å²) in [4.78, 5) is 0. The monoisotopic (exact) mass is 228 g/mol. The lowest BCUT2D eigenvalue weighted by atomic mass is 9.90. The Bertz CT molecular complexity index is 183. The van der Waals surface area contributed by atoms with E-state index in [2.05, 4.69) is 13.8 Å². The van der Waals surface area contributed by atoms with Gasteiger partial charge in [-0.1, -0.05) is 39.5 Å². The predicted molar refractivity (Wildman–Crippen MR) is 67.5 cm³/mol. The number of rotatable bonds is 7. The minimum Gasteiger partial charge on any atom is -0.390 e. The average Bonchev–Trinajstić information content (AvgIpc) is 2.67. The molecule has 1 saturated carbocycles. The van der Waals surface area contributed by atoms with Gasteiger partial charge in [0.1, 0.15) is 0 Å². The molecule has 96 valence electrons. The maximum Gasteiger partial charge on any atom is 0.0939 e. The van der Waals surface area contributed by atoms with E-state index < -0.39 is 0 Å². The highest BCUT2D eigenvalue weighted by Gasteiger charge is 2.40. The molecule has 1 atom stereocenters. The lowest BCUT2D eigenvalue weighted by Crippen LogP contribution is -2.42. The van der Waals surface area contributed by atoms with Gasteiger partial charge in [-0.3, -0.25) is 0 Å². The maximum atomic E-state index is 10.3. The molecule has 2 nitrogen and oxygen atoms in total. The van der Waals surface area contributed by atoms with Crippen LogP contribution in [0, 0.1) is 5.92 Å². The Morgan fingerprint density at radius 3 is 2.31 bits per heavy atom. The van der Waals surface area contributed by atoms with Gasteiger partial charge in [-0.25, -0.2) is 0 Å². The molecule has 0 aromatic heterocycles. The van der Waals surface area contributed by atoms with Crippen molar-refractivity contribution in [2.45, 2.75) is 77.4 Å². The number of ether oxygens (including phenoxy) is 1. The topological polar surface area (TPSA) is 29.5 Å². The zero-order valence-electron chi connectivity index (χ0n) is 11.2. The smallest absolute Gasteiger partial charge is 0.0939 e. The third-order valence-corrected chi connectivity index (χ3v) is 3.75. The summed E-state index contributed by atoms with van der Waals surface area (Å²) in [7, 11) is 0. The van der Waals surface area contributed by atoms with Crippen LogP contribution in [0.25, 0.3) is 0 Å². The van der Waals surface area contributed by atoms with Crippen LogP contribution in [0.5, 0.6) is 0 Å². The molecule has 1 unspecified atom stereocenters. The van der Waals surface area contributed by atoms with E-state index in [1.165, 1.54) is 19.3 Å². The van der Waals surface area contributed by atoms with Gasteiger partial charge in [-0.15, -0.1) is 0 Å². The Labute approximate surface area is 100 Å². The third-order valence-electron chi connectivity index (χ3n) is 3.75. The van der Waals surface area contributed by atoms with Gasteiger partial charge < -0.3 is 9.84 Å². The Hall–Kier alpha value is -0.0800. The van der Waals surface area contributed by atoms with Crippen LogP contribution in [0.2, 0.25) is 0 Å². The minimum absolute atomic E-state index is 0.203. The first-order valence-corrected chi connectivity index (χ1v) is 6.93. The Morgan fingerprint density at radius 2 is 1.81 bits per heavy atom. The summed E-state index contributed by atoms with van der Waals surface area (Å²) < 4.78 is 5.86. The summed E-state index contributed by atoms with van der Waals surface area (Å²) >= 11 is 0. The van der Waals surface area contributed by atoms with Crippen molar-refractivity contribution in [1.82, 2.24) is 0 Å². The van der Waals surface area contributed by atoms with Crippen LogP contribution in [-0.2, 0) is 4.74 Å². The van der Waals surface area contributed by atoms with Gasteiger partial charge in [0.15, 0.2) is 0 Å². The fourth-order valence-electron chi connectivity index (χ4n) is 2.82. The summed E-state index contributed by atoms with van der Waals surface area (Å²) in [5.74, 6) is 0.735. The van der Waals surface area contributed by atoms with Crippen molar-refractivity contribution in [2.75, 3.05) is 6.61 Å². The summed E-state index contributed by atoms with van der Waals surface area (Å²) in [6.45, 7) is 7.22. The summed E-state index contributed by atoms with van der Waals surface area (Å²) in [6.07, 6.45) is 7.48. The molecule has 1 fully saturated rings. The lowest BCUT2D eigenvalue weighted by molar-refractivity contribution is -0.119. The van der Waals surface area contributed by atoms with E-state index in [4.69, 9.17) is 4.74 Å². The molecule has 0 aromatic rings. The Morgan fingerprint density at radius 1 is 1.19 bits per heavy atom. The molecule has 0 aliphatic heterocycles. The van der Waals surface area contributed by atoms with Crippen molar-refractivity contribution < 1.29 is 9.84 Å². The second-order valence-electron chi connectivity index (χ2n) is 5.55. The molecule has 1 N–H and O–H groups in total. The average molecular weight is 228 g/mol. The normalized spacial score (nSPS) is 21.6. The molecular formula is C14H28O2. The molecule has 16 heavy (non-hydrogen) atoms. The van der Waals surface area contributed by atoms with Crippen LogP contribution >= 0.6 is 0 Å². The van der Waals surface area contributed by atoms with Crippen LogP contribution in [-0.4, -0.2) is 23.4 Å². The zero-order chi connectivity index (χ0) is 12.0. The first-order valence-electron chi connectivity index (χ1n) is 6.93. The maximum absolute atomic E-state index is 10.3. The molecule has 0 saturated heterocycles. The molecule has 1 aliphatic rings. The second-order valence-corrected chi connectivity index (χ2v) is 5.55. The van der Waals surface area contributed by atoms with E-state index >= 15 is 0 Å². The summed E-state index contributed by atoms with van der Waals surface area (Å²) in [5.41, 5.74) is -0.203. The van der Waals surface area contributed by atoms with Crippen molar-refractivity contribution >= 4 is 0 Å². The summed E-state index contributed by atoms with van der Waals surface area (Å²) in [6, 6.07) is 0. The van der Waals surface area contributed by atoms with E-state index in [9.17, 15) is 5.11 Å². The van der Waals surface area contributed by atoms with Crippen LogP contribution in [0.4, 0.5) is 0 Å². The molecule has 0 spiro atoms. The highest BCUT2D eigenvalue weighted by molar-refractivity contribution is 4.92. The lowest BCUT2D eigenvalue weighted by Gasteiger charge is -2.34. The highest BCUT2D eigenvalue weighted by atomic mass is 16.5. The van der Waals surface area contributed by atoms with Gasteiger partial charge in [-0.05, 0) is 32.1 Å². The Balaban J connectivity index is 2.38. The molecule has 0 aromatic carbocycles. The van der Waals surface area contributed by atoms with Crippen LogP contribution < -0.4 is 0 Å². The molecule has 0 amide bonds. The first kappa shape index (κ1) is 14.0. The van der Waals surface area contributed by atoms with Gasteiger partial charge in [0.25, 0.3) is 0 Å². The number of hydrogen-bond donors (Lipinski definition) is 1. The fourth-order valence-corrected chi connectivity index (χ4v) is 2.82. The quantitative estimate of drug-likeness (QED) is 0.722. The van der Waals surface area contributed by atoms with Crippen LogP contribution in [0.3, 0.4) is 0 Å². The van der Waals surface area contributed by atoms with E-state index in [0.717, 1.165) is 38.2 Å². The molecule has 0 heterocycles. The van der Waals surface area contributed by atoms with E-state index in [0.29, 0.717) is 0 Å². The number of aliphatic hydroxyl groups excluding tert-OH is 1. The van der Waals surface area contributed by atoms with Crippen molar-refractivity contribution in [3.63, 3.8) is 0 Å². The second kappa shape index (κ2) is 6.61. The van der Waals surface area contributed by atoms with Gasteiger partial charge in [0.05, 0.1) is 11.7 Å². The van der Waals surface area contributed by atoms with Gasteiger partial charge in [-0.2, -0.15) is 0 Å². The molecular weight excluding hydrogens is 200 g/mol. The fraction of sp³-hybridized carbons (Fsp3) is 1.00. The predicted octanol–water partition coefficient (Wildman–Crippen LogP) is 3.52. The van der Waals surface area contributed by atoms with Gasteiger partial charge in [0, 0.05) is 6.61 Å². The largest absolute Gasteiger partial charge is 0.390 e. The molecule has 0 radical (unpaired) electrons. The zero-order valence-corrected chi connectivity index (χ0v) is 11.2. The van der Waals surface area contributed by atoms with Crippen molar-refractivity contribution in [3.8, 4) is 0 Å². The highest BCUT2D eigenvalue weighted by Crippen LogP contribution is 2.37. The SMILES string of the molecule is CCOC1(C(O)CCCC(C)C)CCCC1. The van der Waals surface area contributed by atoms with Crippen molar-refractivity contribution in [1.29, 1.82) is 0 Å². The number of hydrogen-bond acceptors (Lipinski definition) is 2. The van der Waals surface area contributed by atoms with Crippen molar-refractivity contribution in [3.05, 3.63) is 0 Å². The molecule has 2 heteroatoms. The first-order chi connectivity index (χ1) is 7.60. The van der Waals surface area contributed by atoms with E-state index in [1.807, 2.05) is 6.92 Å². The van der Waals surface area contributed by atoms with Crippen molar-refractivity contribution in [2.24, 2.45) is 5.92 Å². The van der Waals surface area contributed by atoms with Crippen LogP contribution in [0.15, 0.2) is 0 Å². The minimum atomic E-state index is -0.256.